The van der Waals surface area contributed by atoms with E-state index in [0.29, 0.717) is 0 Å². The molecule has 1 aromatic rings. The molecule has 16 nitrogen and oxygen atoms in total. The third kappa shape index (κ3) is 10.7. The van der Waals surface area contributed by atoms with Crippen LogP contribution >= 0.6 is 0 Å². The predicted octanol–water partition coefficient (Wildman–Crippen LogP) is 2.94. The van der Waals surface area contributed by atoms with E-state index in [1.165, 1.54) is 45.2 Å². The molecule has 4 N–H and O–H groups in total. The minimum absolute atomic E-state index is 0.0122. The van der Waals surface area contributed by atoms with Crippen molar-refractivity contribution in [1.82, 2.24) is 4.90 Å². The van der Waals surface area contributed by atoms with Gasteiger partial charge in [0.15, 0.2) is 0 Å². The van der Waals surface area contributed by atoms with Gasteiger partial charge in [-0.2, -0.15) is 0 Å². The summed E-state index contributed by atoms with van der Waals surface area (Å²) >= 11 is 0. The van der Waals surface area contributed by atoms with Crippen LogP contribution in [0.15, 0.2) is 46.8 Å². The Morgan fingerprint density at radius 2 is 1.59 bits per heavy atom. The number of nitro benzene ring substituents is 1. The Balaban J connectivity index is 0.00000518. The van der Waals surface area contributed by atoms with Crippen LogP contribution in [0.1, 0.15) is 65.9 Å². The van der Waals surface area contributed by atoms with Crippen molar-refractivity contribution in [2.24, 2.45) is 11.5 Å². The van der Waals surface area contributed by atoms with E-state index in [2.05, 4.69) is 0 Å². The average molecular weight is 651 g/mol. The van der Waals surface area contributed by atoms with Crippen molar-refractivity contribution in [2.75, 3.05) is 27.1 Å². The highest BCUT2D eigenvalue weighted by Crippen LogP contribution is 2.44. The number of amides is 2. The first-order valence-electron chi connectivity index (χ1n) is 14.4. The molecule has 0 fully saturated rings. The second kappa shape index (κ2) is 18.9. The molecule has 2 atom stereocenters. The number of nitrogens with two attached hydrogens (primary N) is 2. The van der Waals surface area contributed by atoms with Crippen molar-refractivity contribution < 1.29 is 52.6 Å². The van der Waals surface area contributed by atoms with E-state index in [0.717, 1.165) is 4.90 Å². The number of hydrogen-bond donors (Lipinski definition) is 2. The number of methoxy groups -OCH3 is 1. The Morgan fingerprint density at radius 1 is 0.978 bits per heavy atom. The van der Waals surface area contributed by atoms with Gasteiger partial charge in [-0.05, 0) is 39.7 Å². The smallest absolute Gasteiger partial charge is 0.421 e. The topological polar surface area (TPSA) is 230 Å². The molecule has 2 amide bonds. The van der Waals surface area contributed by atoms with Crippen molar-refractivity contribution in [3.8, 4) is 0 Å². The van der Waals surface area contributed by atoms with Crippen LogP contribution in [0.25, 0.3) is 0 Å². The largest absolute Gasteiger partial charge is 0.460 e. The Morgan fingerprint density at radius 3 is 2.13 bits per heavy atom. The highest BCUT2D eigenvalue weighted by Gasteiger charge is 2.43. The molecule has 0 aliphatic carbocycles. The van der Waals surface area contributed by atoms with Crippen LogP contribution in [0.2, 0.25) is 0 Å². The number of esters is 3. The Bertz CT molecular complexity index is 1350. The molecule has 46 heavy (non-hydrogen) atoms. The molecule has 1 aliphatic heterocycles. The number of nitro groups is 1. The summed E-state index contributed by atoms with van der Waals surface area (Å²) in [4.78, 5) is 75.2. The molecule has 1 aromatic carbocycles. The highest BCUT2D eigenvalue weighted by atomic mass is 16.7. The first kappa shape index (κ1) is 39.2. The van der Waals surface area contributed by atoms with E-state index in [1.54, 1.807) is 13.8 Å². The summed E-state index contributed by atoms with van der Waals surface area (Å²) in [6.45, 7) is 8.99. The van der Waals surface area contributed by atoms with E-state index in [4.69, 9.17) is 35.2 Å². The number of allylic oxidation sites excluding steroid dienone is 2. The number of ether oxygens (including phenoxy) is 5. The van der Waals surface area contributed by atoms with Crippen LogP contribution in [0.3, 0.4) is 0 Å². The number of rotatable bonds is 14. The number of carbonyl (C=O) groups is 5. The SMILES string of the molecule is CC.COCCOC(=O)C1=C(C)N(C(=O)OCOC(=O)CCC(N)C(N)=O)C(C)=C(C(=O)OC(C)C)C1c1cccc([N+](=O)[O-])c1. The summed E-state index contributed by atoms with van der Waals surface area (Å²) in [5.74, 6) is -4.72. The molecule has 254 valence electrons. The third-order valence-corrected chi connectivity index (χ3v) is 6.36. The molecule has 0 saturated heterocycles. The first-order valence-corrected chi connectivity index (χ1v) is 14.4. The standard InChI is InChI=1S/C28H36N4O12.C2H6/c1-15(2)44-27(36)23-17(4)31(28(37)43-14-42-21(33)10-9-20(29)25(30)34)16(3)22(26(35)41-12-11-40-5)24(23)18-7-6-8-19(13-18)32(38)39;1-2/h6-8,13,15,20,24H,9-12,14,29H2,1-5H3,(H2,30,34);1-2H3. The maximum Gasteiger partial charge on any atom is 0.421 e. The lowest BCUT2D eigenvalue weighted by molar-refractivity contribution is -0.384. The lowest BCUT2D eigenvalue weighted by atomic mass is 9.79. The number of non-ortho nitro benzene ring substituents is 1. The fourth-order valence-electron chi connectivity index (χ4n) is 4.28. The van der Waals surface area contributed by atoms with Crippen molar-refractivity contribution in [3.05, 3.63) is 62.5 Å². The Kier molecular flexibility index (Phi) is 16.1. The van der Waals surface area contributed by atoms with Gasteiger partial charge < -0.3 is 35.2 Å². The van der Waals surface area contributed by atoms with E-state index < -0.39 is 59.7 Å². The molecule has 16 heteroatoms. The molecule has 0 radical (unpaired) electrons. The summed E-state index contributed by atoms with van der Waals surface area (Å²) in [7, 11) is 1.40. The van der Waals surface area contributed by atoms with E-state index >= 15 is 0 Å². The maximum absolute atomic E-state index is 13.5. The van der Waals surface area contributed by atoms with Gasteiger partial charge in [0.05, 0.1) is 40.7 Å². The Hall–Kier alpha value is -4.83. The summed E-state index contributed by atoms with van der Waals surface area (Å²) in [6, 6.07) is 4.26. The fraction of sp³-hybridized carbons (Fsp3) is 0.500. The number of benzene rings is 1. The molecule has 1 aliphatic rings. The van der Waals surface area contributed by atoms with Gasteiger partial charge in [-0.3, -0.25) is 24.6 Å². The fourth-order valence-corrected chi connectivity index (χ4v) is 4.28. The van der Waals surface area contributed by atoms with Gasteiger partial charge in [-0.25, -0.2) is 14.4 Å². The zero-order valence-electron chi connectivity index (χ0n) is 27.0. The first-order chi connectivity index (χ1) is 21.7. The third-order valence-electron chi connectivity index (χ3n) is 6.36. The van der Waals surface area contributed by atoms with Crippen LogP contribution in [-0.4, -0.2) is 79.0 Å². The second-order valence-electron chi connectivity index (χ2n) is 9.79. The van der Waals surface area contributed by atoms with Gasteiger partial charge in [0, 0.05) is 37.1 Å². The van der Waals surface area contributed by atoms with E-state index in [-0.39, 0.29) is 59.8 Å². The zero-order valence-corrected chi connectivity index (χ0v) is 27.0. The van der Waals surface area contributed by atoms with Gasteiger partial charge in [-0.1, -0.05) is 26.0 Å². The van der Waals surface area contributed by atoms with Crippen LogP contribution in [0, 0.1) is 10.1 Å². The quantitative estimate of drug-likeness (QED) is 0.0737. The van der Waals surface area contributed by atoms with Crippen LogP contribution in [0.5, 0.6) is 0 Å². The lowest BCUT2D eigenvalue weighted by Crippen LogP contribution is -2.39. The number of nitrogens with zero attached hydrogens (tertiary/aromatic N) is 2. The normalized spacial score (nSPS) is 15.0. The monoisotopic (exact) mass is 650 g/mol. The van der Waals surface area contributed by atoms with Gasteiger partial charge in [0.1, 0.15) is 6.61 Å². The summed E-state index contributed by atoms with van der Waals surface area (Å²) in [6.07, 6.45) is -2.11. The highest BCUT2D eigenvalue weighted by molar-refractivity contribution is 6.01. The average Bonchev–Trinajstić information content (AvgIpc) is 3.00. The molecule has 1 heterocycles. The zero-order chi connectivity index (χ0) is 35.1. The van der Waals surface area contributed by atoms with Gasteiger partial charge >= 0.3 is 24.0 Å². The maximum atomic E-state index is 13.5. The Labute approximate surface area is 266 Å². The van der Waals surface area contributed by atoms with E-state index in [1.807, 2.05) is 13.8 Å². The summed E-state index contributed by atoms with van der Waals surface area (Å²) in [5, 5.41) is 11.6. The van der Waals surface area contributed by atoms with Gasteiger partial charge in [-0.15, -0.1) is 0 Å². The number of hydrogen-bond acceptors (Lipinski definition) is 13. The molecular formula is C30H42N4O12. The predicted molar refractivity (Wildman–Crippen MR) is 162 cm³/mol. The molecule has 2 rings (SSSR count). The number of primary amides is 1. The molecule has 0 bridgehead atoms. The molecule has 2 unspecified atom stereocenters. The summed E-state index contributed by atoms with van der Waals surface area (Å²) in [5.41, 5.74) is 10.0. The number of carbonyl (C=O) groups excluding carboxylic acids is 5. The van der Waals surface area contributed by atoms with Crippen LogP contribution in [0.4, 0.5) is 10.5 Å². The van der Waals surface area contributed by atoms with Crippen LogP contribution in [-0.2, 0) is 42.9 Å². The van der Waals surface area contributed by atoms with Crippen molar-refractivity contribution in [3.63, 3.8) is 0 Å². The molecule has 0 saturated carbocycles. The van der Waals surface area contributed by atoms with Gasteiger partial charge in [0.25, 0.3) is 5.69 Å². The minimum atomic E-state index is -1.24. The minimum Gasteiger partial charge on any atom is -0.460 e. The van der Waals surface area contributed by atoms with Crippen molar-refractivity contribution in [2.45, 2.75) is 72.4 Å². The molecule has 0 spiro atoms. The lowest BCUT2D eigenvalue weighted by Gasteiger charge is -2.36. The second-order valence-corrected chi connectivity index (χ2v) is 9.79. The summed E-state index contributed by atoms with van der Waals surface area (Å²) < 4.78 is 25.7. The molecule has 0 aromatic heterocycles. The van der Waals surface area contributed by atoms with Crippen LogP contribution < -0.4 is 11.5 Å². The van der Waals surface area contributed by atoms with Gasteiger partial charge in [0.2, 0.25) is 12.7 Å². The van der Waals surface area contributed by atoms with E-state index in [9.17, 15) is 34.1 Å². The van der Waals surface area contributed by atoms with Crippen molar-refractivity contribution in [1.29, 1.82) is 0 Å². The van der Waals surface area contributed by atoms with Crippen molar-refractivity contribution >= 4 is 35.6 Å². The molecular weight excluding hydrogens is 608 g/mol.